The van der Waals surface area contributed by atoms with E-state index in [-0.39, 0.29) is 24.4 Å². The Kier molecular flexibility index (Phi) is 7.69. The summed E-state index contributed by atoms with van der Waals surface area (Å²) in [5, 5.41) is 3.40. The topological polar surface area (TPSA) is 41.6 Å². The average molecular weight is 327 g/mol. The van der Waals surface area contributed by atoms with Crippen LogP contribution in [0.2, 0.25) is 0 Å². The fourth-order valence-corrected chi connectivity index (χ4v) is 2.72. The Morgan fingerprint density at radius 1 is 1.32 bits per heavy atom. The first-order chi connectivity index (χ1) is 10.1. The number of piperazine rings is 1. The van der Waals surface area contributed by atoms with Crippen LogP contribution < -0.4 is 10.1 Å². The molecule has 0 aliphatic carbocycles. The number of rotatable bonds is 5. The molecule has 2 atom stereocenters. The normalized spacial score (nSPS) is 21.1. The second-order valence-corrected chi connectivity index (χ2v) is 5.65. The number of amides is 1. The molecule has 0 aromatic heterocycles. The molecule has 2 rings (SSSR count). The maximum atomic E-state index is 12.4. The van der Waals surface area contributed by atoms with E-state index in [9.17, 15) is 4.79 Å². The summed E-state index contributed by atoms with van der Waals surface area (Å²) in [4.78, 5) is 14.4. The molecule has 22 heavy (non-hydrogen) atoms. The average Bonchev–Trinajstić information content (AvgIpc) is 2.49. The fraction of sp³-hybridized carbons (Fsp3) is 0.588. The molecule has 1 aromatic carbocycles. The molecule has 1 aromatic rings. The predicted molar refractivity (Wildman–Crippen MR) is 91.8 cm³/mol. The maximum absolute atomic E-state index is 12.4. The van der Waals surface area contributed by atoms with Crippen LogP contribution in [0.3, 0.4) is 0 Å². The molecule has 1 saturated heterocycles. The summed E-state index contributed by atoms with van der Waals surface area (Å²) in [5.74, 6) is 1.14. The zero-order chi connectivity index (χ0) is 15.2. The van der Waals surface area contributed by atoms with Gasteiger partial charge in [0.25, 0.3) is 0 Å². The molecule has 0 spiro atoms. The van der Waals surface area contributed by atoms with Gasteiger partial charge in [0.15, 0.2) is 0 Å². The van der Waals surface area contributed by atoms with Crippen molar-refractivity contribution in [3.05, 3.63) is 29.8 Å². The van der Waals surface area contributed by atoms with Gasteiger partial charge in [0, 0.05) is 31.6 Å². The van der Waals surface area contributed by atoms with Crippen molar-refractivity contribution in [3.8, 4) is 5.75 Å². The number of ether oxygens (including phenoxy) is 1. The van der Waals surface area contributed by atoms with E-state index in [1.165, 1.54) is 5.56 Å². The first-order valence-electron chi connectivity index (χ1n) is 7.86. The van der Waals surface area contributed by atoms with Crippen molar-refractivity contribution in [2.75, 3.05) is 19.7 Å². The third kappa shape index (κ3) is 4.89. The van der Waals surface area contributed by atoms with Crippen molar-refractivity contribution in [3.63, 3.8) is 0 Å². The minimum Gasteiger partial charge on any atom is -0.494 e. The van der Waals surface area contributed by atoms with Crippen LogP contribution in [0.15, 0.2) is 24.3 Å². The number of benzene rings is 1. The summed E-state index contributed by atoms with van der Waals surface area (Å²) in [6.45, 7) is 8.61. The van der Waals surface area contributed by atoms with Crippen LogP contribution in [-0.2, 0) is 11.2 Å². The van der Waals surface area contributed by atoms with Gasteiger partial charge < -0.3 is 15.0 Å². The number of hydrogen-bond acceptors (Lipinski definition) is 3. The molecular formula is C17H27ClN2O2. The zero-order valence-corrected chi connectivity index (χ0v) is 14.5. The third-order valence-electron chi connectivity index (χ3n) is 4.22. The van der Waals surface area contributed by atoms with Gasteiger partial charge in [-0.05, 0) is 44.9 Å². The molecule has 1 amide bonds. The largest absolute Gasteiger partial charge is 0.494 e. The van der Waals surface area contributed by atoms with E-state index in [0.717, 1.165) is 25.3 Å². The summed E-state index contributed by atoms with van der Waals surface area (Å²) in [6, 6.07) is 8.67. The number of carbonyl (C=O) groups is 1. The van der Waals surface area contributed by atoms with Crippen molar-refractivity contribution in [1.82, 2.24) is 10.2 Å². The lowest BCUT2D eigenvalue weighted by atomic mass is 10.0. The summed E-state index contributed by atoms with van der Waals surface area (Å²) < 4.78 is 5.43. The van der Waals surface area contributed by atoms with E-state index in [0.29, 0.717) is 19.1 Å². The van der Waals surface area contributed by atoms with Crippen molar-refractivity contribution in [1.29, 1.82) is 0 Å². The van der Waals surface area contributed by atoms with Crippen LogP contribution >= 0.6 is 12.4 Å². The molecule has 1 aliphatic heterocycles. The van der Waals surface area contributed by atoms with E-state index in [4.69, 9.17) is 4.74 Å². The lowest BCUT2D eigenvalue weighted by Gasteiger charge is -2.38. The Hall–Kier alpha value is -1.26. The molecule has 1 heterocycles. The van der Waals surface area contributed by atoms with Gasteiger partial charge in [-0.25, -0.2) is 0 Å². The first-order valence-corrected chi connectivity index (χ1v) is 7.86. The smallest absolute Gasteiger partial charge is 0.223 e. The first kappa shape index (κ1) is 18.8. The van der Waals surface area contributed by atoms with Crippen LogP contribution in [0.1, 0.15) is 32.8 Å². The van der Waals surface area contributed by atoms with Gasteiger partial charge in [-0.3, -0.25) is 4.79 Å². The highest BCUT2D eigenvalue weighted by molar-refractivity contribution is 5.85. The van der Waals surface area contributed by atoms with Crippen molar-refractivity contribution >= 4 is 18.3 Å². The van der Waals surface area contributed by atoms with Crippen molar-refractivity contribution in [2.45, 2.75) is 45.7 Å². The summed E-state index contributed by atoms with van der Waals surface area (Å²) in [7, 11) is 0. The molecule has 5 heteroatoms. The van der Waals surface area contributed by atoms with Crippen LogP contribution in [-0.4, -0.2) is 42.6 Å². The highest BCUT2D eigenvalue weighted by atomic mass is 35.5. The van der Waals surface area contributed by atoms with Crippen LogP contribution in [0.4, 0.5) is 0 Å². The van der Waals surface area contributed by atoms with E-state index >= 15 is 0 Å². The molecule has 0 bridgehead atoms. The molecular weight excluding hydrogens is 300 g/mol. The molecule has 4 nitrogen and oxygen atoms in total. The van der Waals surface area contributed by atoms with Gasteiger partial charge in [0.2, 0.25) is 5.91 Å². The van der Waals surface area contributed by atoms with Gasteiger partial charge in [0.1, 0.15) is 5.75 Å². The molecule has 1 aliphatic rings. The predicted octanol–water partition coefficient (Wildman–Crippen LogP) is 2.65. The van der Waals surface area contributed by atoms with E-state index in [1.807, 2.05) is 36.1 Å². The maximum Gasteiger partial charge on any atom is 0.223 e. The Labute approximate surface area is 139 Å². The van der Waals surface area contributed by atoms with Crippen LogP contribution in [0, 0.1) is 0 Å². The van der Waals surface area contributed by atoms with Crippen LogP contribution in [0.25, 0.3) is 0 Å². The second-order valence-electron chi connectivity index (χ2n) is 5.65. The zero-order valence-electron chi connectivity index (χ0n) is 13.7. The Balaban J connectivity index is 0.00000242. The fourth-order valence-electron chi connectivity index (χ4n) is 2.72. The molecule has 1 N–H and O–H groups in total. The molecule has 1 fully saturated rings. The van der Waals surface area contributed by atoms with Gasteiger partial charge in [-0.1, -0.05) is 12.1 Å². The summed E-state index contributed by atoms with van der Waals surface area (Å²) >= 11 is 0. The lowest BCUT2D eigenvalue weighted by molar-refractivity contribution is -0.134. The number of carbonyl (C=O) groups excluding carboxylic acids is 1. The highest BCUT2D eigenvalue weighted by Gasteiger charge is 2.27. The Morgan fingerprint density at radius 3 is 2.64 bits per heavy atom. The monoisotopic (exact) mass is 326 g/mol. The molecule has 0 saturated carbocycles. The van der Waals surface area contributed by atoms with E-state index in [2.05, 4.69) is 19.2 Å². The van der Waals surface area contributed by atoms with Gasteiger partial charge >= 0.3 is 0 Å². The third-order valence-corrected chi connectivity index (χ3v) is 4.22. The SMILES string of the molecule is CCOc1ccc(CCC(=O)N2CCNC(C)C2C)cc1.Cl. The molecule has 2 unspecified atom stereocenters. The lowest BCUT2D eigenvalue weighted by Crippen LogP contribution is -2.57. The Morgan fingerprint density at radius 2 is 2.00 bits per heavy atom. The number of nitrogens with one attached hydrogen (secondary N) is 1. The minimum absolute atomic E-state index is 0. The standard InChI is InChI=1S/C17H26N2O2.ClH/c1-4-21-16-8-5-15(6-9-16)7-10-17(20)19-12-11-18-13(2)14(19)3;/h5-6,8-9,13-14,18H,4,7,10-12H2,1-3H3;1H. The summed E-state index contributed by atoms with van der Waals surface area (Å²) in [6.07, 6.45) is 1.36. The number of aryl methyl sites for hydroxylation is 1. The van der Waals surface area contributed by atoms with Crippen molar-refractivity contribution in [2.24, 2.45) is 0 Å². The van der Waals surface area contributed by atoms with Gasteiger partial charge in [-0.15, -0.1) is 12.4 Å². The van der Waals surface area contributed by atoms with Gasteiger partial charge in [-0.2, -0.15) is 0 Å². The summed E-state index contributed by atoms with van der Waals surface area (Å²) in [5.41, 5.74) is 1.18. The second kappa shape index (κ2) is 9.01. The highest BCUT2D eigenvalue weighted by Crippen LogP contribution is 2.15. The van der Waals surface area contributed by atoms with Crippen LogP contribution in [0.5, 0.6) is 5.75 Å². The Bertz CT molecular complexity index is 464. The number of nitrogens with zero attached hydrogens (tertiary/aromatic N) is 1. The van der Waals surface area contributed by atoms with E-state index in [1.54, 1.807) is 0 Å². The van der Waals surface area contributed by atoms with E-state index < -0.39 is 0 Å². The number of hydrogen-bond donors (Lipinski definition) is 1. The molecule has 0 radical (unpaired) electrons. The molecule has 124 valence electrons. The van der Waals surface area contributed by atoms with Gasteiger partial charge in [0.05, 0.1) is 6.61 Å². The van der Waals surface area contributed by atoms with Crippen molar-refractivity contribution < 1.29 is 9.53 Å². The number of halogens is 1. The quantitative estimate of drug-likeness (QED) is 0.904. The minimum atomic E-state index is 0.